The van der Waals surface area contributed by atoms with E-state index in [2.05, 4.69) is 22.5 Å². The van der Waals surface area contributed by atoms with E-state index in [0.29, 0.717) is 5.69 Å². The summed E-state index contributed by atoms with van der Waals surface area (Å²) in [4.78, 5) is 16.1. The van der Waals surface area contributed by atoms with Gasteiger partial charge in [-0.1, -0.05) is 18.5 Å². The molecular weight excluding hydrogens is 293 g/mol. The Morgan fingerprint density at radius 2 is 2.05 bits per heavy atom. The lowest BCUT2D eigenvalue weighted by molar-refractivity contribution is 0.102. The summed E-state index contributed by atoms with van der Waals surface area (Å²) in [6.07, 6.45) is 2.59. The number of nitrogens with zero attached hydrogens (tertiary/aromatic N) is 1. The van der Waals surface area contributed by atoms with E-state index in [1.54, 1.807) is 18.3 Å². The van der Waals surface area contributed by atoms with Crippen molar-refractivity contribution >= 4 is 28.9 Å². The van der Waals surface area contributed by atoms with Gasteiger partial charge in [-0.15, -0.1) is 0 Å². The molecule has 0 unspecified atom stereocenters. The number of carbonyl (C=O) groups excluding carboxylic acids is 1. The second kappa shape index (κ2) is 7.04. The molecule has 2 rings (SSSR count). The average Bonchev–Trinajstić information content (AvgIpc) is 2.49. The first-order chi connectivity index (χ1) is 10.1. The molecule has 2 N–H and O–H groups in total. The van der Waals surface area contributed by atoms with Gasteiger partial charge in [0.2, 0.25) is 0 Å². The van der Waals surface area contributed by atoms with Crippen molar-refractivity contribution in [1.82, 2.24) is 4.98 Å². The Bertz CT molecular complexity index is 631. The smallest absolute Gasteiger partial charge is 0.274 e. The normalized spacial score (nSPS) is 10.2. The molecule has 0 aliphatic rings. The Kier molecular flexibility index (Phi) is 5.11. The predicted molar refractivity (Wildman–Crippen MR) is 82.4 cm³/mol. The second-order valence-corrected chi connectivity index (χ2v) is 4.85. The van der Waals surface area contributed by atoms with Crippen LogP contribution in [-0.2, 0) is 0 Å². The summed E-state index contributed by atoms with van der Waals surface area (Å²) in [7, 11) is 0. The van der Waals surface area contributed by atoms with E-state index < -0.39 is 11.7 Å². The number of hydrogen-bond donors (Lipinski definition) is 2. The van der Waals surface area contributed by atoms with E-state index >= 15 is 0 Å². The van der Waals surface area contributed by atoms with Crippen LogP contribution < -0.4 is 10.6 Å². The fourth-order valence-electron chi connectivity index (χ4n) is 1.67. The van der Waals surface area contributed by atoms with Crippen LogP contribution >= 0.6 is 11.6 Å². The molecule has 0 fully saturated rings. The zero-order valence-electron chi connectivity index (χ0n) is 11.5. The number of nitrogens with one attached hydrogen (secondary N) is 2. The fourth-order valence-corrected chi connectivity index (χ4v) is 1.79. The molecule has 1 aromatic carbocycles. The van der Waals surface area contributed by atoms with Gasteiger partial charge in [-0.2, -0.15) is 0 Å². The first-order valence-corrected chi connectivity index (χ1v) is 6.94. The molecule has 0 atom stereocenters. The number of rotatable bonds is 5. The largest absolute Gasteiger partial charge is 0.384 e. The minimum atomic E-state index is -0.582. The Balaban J connectivity index is 2.04. The number of benzene rings is 1. The Hall–Kier alpha value is -2.14. The highest BCUT2D eigenvalue weighted by Gasteiger charge is 2.09. The van der Waals surface area contributed by atoms with E-state index in [0.717, 1.165) is 24.7 Å². The lowest BCUT2D eigenvalue weighted by atomic mass is 10.2. The molecule has 1 amide bonds. The van der Waals surface area contributed by atoms with Gasteiger partial charge in [0.05, 0.1) is 16.9 Å². The number of anilines is 2. The maximum Gasteiger partial charge on any atom is 0.274 e. The second-order valence-electron chi connectivity index (χ2n) is 4.44. The molecule has 0 saturated carbocycles. The first kappa shape index (κ1) is 15.3. The van der Waals surface area contributed by atoms with E-state index in [1.165, 1.54) is 12.1 Å². The van der Waals surface area contributed by atoms with Crippen LogP contribution in [0.1, 0.15) is 23.8 Å². The zero-order chi connectivity index (χ0) is 15.2. The number of amides is 1. The third-order valence-corrected chi connectivity index (χ3v) is 3.06. The lowest BCUT2D eigenvalue weighted by Gasteiger charge is -2.07. The SMILES string of the molecule is CCCNc1ccc(C(=O)Nc2ccc(Cl)c(F)c2)nc1. The molecule has 0 bridgehead atoms. The molecule has 110 valence electrons. The van der Waals surface area contributed by atoms with Crippen LogP contribution in [0, 0.1) is 5.82 Å². The van der Waals surface area contributed by atoms with Crippen molar-refractivity contribution in [2.24, 2.45) is 0 Å². The predicted octanol–water partition coefficient (Wildman–Crippen LogP) is 3.95. The van der Waals surface area contributed by atoms with Crippen molar-refractivity contribution in [3.8, 4) is 0 Å². The van der Waals surface area contributed by atoms with Crippen molar-refractivity contribution in [3.63, 3.8) is 0 Å². The highest BCUT2D eigenvalue weighted by molar-refractivity contribution is 6.30. The average molecular weight is 308 g/mol. The van der Waals surface area contributed by atoms with Crippen LogP contribution in [0.5, 0.6) is 0 Å². The maximum atomic E-state index is 13.3. The Morgan fingerprint density at radius 1 is 1.29 bits per heavy atom. The minimum Gasteiger partial charge on any atom is -0.384 e. The van der Waals surface area contributed by atoms with Crippen molar-refractivity contribution < 1.29 is 9.18 Å². The van der Waals surface area contributed by atoms with Gasteiger partial charge in [0.15, 0.2) is 0 Å². The summed E-state index contributed by atoms with van der Waals surface area (Å²) >= 11 is 5.59. The molecule has 0 saturated heterocycles. The summed E-state index contributed by atoms with van der Waals surface area (Å²) in [6, 6.07) is 7.47. The Labute approximate surface area is 127 Å². The van der Waals surface area contributed by atoms with Crippen LogP contribution in [0.2, 0.25) is 5.02 Å². The summed E-state index contributed by atoms with van der Waals surface area (Å²) in [5, 5.41) is 5.75. The van der Waals surface area contributed by atoms with Gasteiger partial charge in [0.1, 0.15) is 11.5 Å². The topological polar surface area (TPSA) is 54.0 Å². The first-order valence-electron chi connectivity index (χ1n) is 6.56. The lowest BCUT2D eigenvalue weighted by Crippen LogP contribution is -2.14. The number of hydrogen-bond acceptors (Lipinski definition) is 3. The van der Waals surface area contributed by atoms with Crippen LogP contribution in [0.4, 0.5) is 15.8 Å². The molecule has 0 aliphatic heterocycles. The van der Waals surface area contributed by atoms with E-state index in [4.69, 9.17) is 11.6 Å². The van der Waals surface area contributed by atoms with Crippen LogP contribution in [0.15, 0.2) is 36.5 Å². The van der Waals surface area contributed by atoms with Crippen LogP contribution in [0.25, 0.3) is 0 Å². The van der Waals surface area contributed by atoms with Crippen molar-refractivity contribution in [2.75, 3.05) is 17.2 Å². The number of halogens is 2. The van der Waals surface area contributed by atoms with Gasteiger partial charge in [-0.05, 0) is 36.8 Å². The highest BCUT2D eigenvalue weighted by atomic mass is 35.5. The van der Waals surface area contributed by atoms with Crippen molar-refractivity contribution in [3.05, 3.63) is 53.1 Å². The third kappa shape index (κ3) is 4.16. The van der Waals surface area contributed by atoms with Gasteiger partial charge < -0.3 is 10.6 Å². The van der Waals surface area contributed by atoms with Crippen LogP contribution in [-0.4, -0.2) is 17.4 Å². The molecule has 1 aromatic heterocycles. The molecule has 21 heavy (non-hydrogen) atoms. The number of pyridine rings is 1. The Morgan fingerprint density at radius 3 is 2.67 bits per heavy atom. The summed E-state index contributed by atoms with van der Waals surface area (Å²) in [6.45, 7) is 2.91. The maximum absolute atomic E-state index is 13.3. The molecule has 2 aromatic rings. The van der Waals surface area contributed by atoms with Gasteiger partial charge in [0, 0.05) is 12.2 Å². The standard InChI is InChI=1S/C15H15ClFN3O/c1-2-7-18-11-4-6-14(19-9-11)15(21)20-10-3-5-12(16)13(17)8-10/h3-6,8-9,18H,2,7H2,1H3,(H,20,21). The van der Waals surface area contributed by atoms with Gasteiger partial charge in [0.25, 0.3) is 5.91 Å². The number of carbonyl (C=O) groups is 1. The number of aromatic nitrogens is 1. The molecule has 0 aliphatic carbocycles. The fraction of sp³-hybridized carbons (Fsp3) is 0.200. The minimum absolute atomic E-state index is 0.0116. The molecule has 1 heterocycles. The zero-order valence-corrected chi connectivity index (χ0v) is 12.2. The quantitative estimate of drug-likeness (QED) is 0.879. The summed E-state index contributed by atoms with van der Waals surface area (Å²) in [5.41, 5.74) is 1.44. The van der Waals surface area contributed by atoms with Gasteiger partial charge in [-0.3, -0.25) is 4.79 Å². The van der Waals surface area contributed by atoms with E-state index in [1.807, 2.05) is 0 Å². The molecule has 6 heteroatoms. The van der Waals surface area contributed by atoms with E-state index in [9.17, 15) is 9.18 Å². The van der Waals surface area contributed by atoms with Gasteiger partial charge >= 0.3 is 0 Å². The summed E-state index contributed by atoms with van der Waals surface area (Å²) < 4.78 is 13.3. The van der Waals surface area contributed by atoms with Crippen LogP contribution in [0.3, 0.4) is 0 Å². The molecule has 0 radical (unpaired) electrons. The van der Waals surface area contributed by atoms with Crippen molar-refractivity contribution in [1.29, 1.82) is 0 Å². The summed E-state index contributed by atoms with van der Waals surface area (Å²) in [5.74, 6) is -0.986. The van der Waals surface area contributed by atoms with Gasteiger partial charge in [-0.25, -0.2) is 9.37 Å². The molecular formula is C15H15ClFN3O. The highest BCUT2D eigenvalue weighted by Crippen LogP contribution is 2.19. The third-order valence-electron chi connectivity index (χ3n) is 2.75. The molecule has 0 spiro atoms. The van der Waals surface area contributed by atoms with E-state index in [-0.39, 0.29) is 10.7 Å². The van der Waals surface area contributed by atoms with Crippen molar-refractivity contribution in [2.45, 2.75) is 13.3 Å². The monoisotopic (exact) mass is 307 g/mol. The molecule has 4 nitrogen and oxygen atoms in total.